The van der Waals surface area contributed by atoms with E-state index in [2.05, 4.69) is 4.98 Å². The summed E-state index contributed by atoms with van der Waals surface area (Å²) in [4.78, 5) is 16.0. The highest BCUT2D eigenvalue weighted by molar-refractivity contribution is 5.87. The van der Waals surface area contributed by atoms with Gasteiger partial charge in [0.15, 0.2) is 0 Å². The maximum Gasteiger partial charge on any atom is 0.356 e. The Labute approximate surface area is 125 Å². The maximum absolute atomic E-state index is 12.0. The monoisotopic (exact) mass is 294 g/mol. The normalized spacial score (nSPS) is 11.8. The van der Waals surface area contributed by atoms with Crippen LogP contribution in [0.1, 0.15) is 42.9 Å². The van der Waals surface area contributed by atoms with Crippen LogP contribution in [0.5, 0.6) is 0 Å². The van der Waals surface area contributed by atoms with Crippen LogP contribution in [0.15, 0.2) is 42.9 Å². The molecular formula is C15H19ClN2O2. The van der Waals surface area contributed by atoms with Gasteiger partial charge in [-0.2, -0.15) is 0 Å². The average Bonchev–Trinajstić information content (AvgIpc) is 2.87. The second kappa shape index (κ2) is 7.10. The molecule has 0 aliphatic rings. The highest BCUT2D eigenvalue weighted by Crippen LogP contribution is 2.19. The van der Waals surface area contributed by atoms with Crippen LogP contribution in [0.4, 0.5) is 0 Å². The lowest BCUT2D eigenvalue weighted by atomic mass is 10.1. The van der Waals surface area contributed by atoms with Crippen molar-refractivity contribution in [3.8, 4) is 0 Å². The maximum atomic E-state index is 12.0. The first-order valence-corrected chi connectivity index (χ1v) is 6.37. The van der Waals surface area contributed by atoms with Crippen molar-refractivity contribution in [3.63, 3.8) is 0 Å². The first kappa shape index (κ1) is 16.2. The number of ether oxygens (including phenoxy) is 1. The summed E-state index contributed by atoms with van der Waals surface area (Å²) < 4.78 is 7.05. The Bertz CT molecular complexity index is 552. The van der Waals surface area contributed by atoms with E-state index in [1.807, 2.05) is 55.7 Å². The number of hydrogen-bond acceptors (Lipinski definition) is 3. The molecule has 108 valence electrons. The molecule has 4 nitrogen and oxygen atoms in total. The molecule has 0 spiro atoms. The Kier molecular flexibility index (Phi) is 5.77. The summed E-state index contributed by atoms with van der Waals surface area (Å²) in [6.45, 7) is 5.70. The van der Waals surface area contributed by atoms with E-state index >= 15 is 0 Å². The molecule has 0 aliphatic heterocycles. The van der Waals surface area contributed by atoms with Gasteiger partial charge in [-0.3, -0.25) is 0 Å². The topological polar surface area (TPSA) is 44.1 Å². The smallest absolute Gasteiger partial charge is 0.356 e. The number of benzene rings is 1. The van der Waals surface area contributed by atoms with Crippen LogP contribution in [-0.2, 0) is 4.74 Å². The Hall–Kier alpha value is -1.81. The van der Waals surface area contributed by atoms with Gasteiger partial charge in [0.05, 0.1) is 24.7 Å². The second-order valence-electron chi connectivity index (χ2n) is 4.73. The zero-order chi connectivity index (χ0) is 13.8. The van der Waals surface area contributed by atoms with Crippen LogP contribution >= 0.6 is 12.4 Å². The molecule has 0 radical (unpaired) electrons. The Morgan fingerprint density at radius 2 is 1.85 bits per heavy atom. The van der Waals surface area contributed by atoms with Crippen LogP contribution in [0.3, 0.4) is 0 Å². The summed E-state index contributed by atoms with van der Waals surface area (Å²) in [7, 11) is 0. The first-order chi connectivity index (χ1) is 9.09. The lowest BCUT2D eigenvalue weighted by Gasteiger charge is -2.17. The van der Waals surface area contributed by atoms with Gasteiger partial charge in [0.1, 0.15) is 5.69 Å². The highest BCUT2D eigenvalue weighted by atomic mass is 35.5. The minimum atomic E-state index is -0.338. The van der Waals surface area contributed by atoms with Crippen molar-refractivity contribution < 1.29 is 9.53 Å². The van der Waals surface area contributed by atoms with E-state index in [-0.39, 0.29) is 30.5 Å². The molecule has 0 saturated heterocycles. The summed E-state index contributed by atoms with van der Waals surface area (Å²) in [6.07, 6.45) is 3.07. The van der Waals surface area contributed by atoms with Gasteiger partial charge in [-0.15, -0.1) is 12.4 Å². The van der Waals surface area contributed by atoms with E-state index in [1.54, 1.807) is 12.5 Å². The molecule has 1 heterocycles. The largest absolute Gasteiger partial charge is 0.458 e. The molecule has 2 aromatic rings. The van der Waals surface area contributed by atoms with Crippen molar-refractivity contribution in [2.75, 3.05) is 0 Å². The average molecular weight is 295 g/mol. The molecule has 2 rings (SSSR count). The fourth-order valence-corrected chi connectivity index (χ4v) is 1.94. The van der Waals surface area contributed by atoms with Gasteiger partial charge in [0.2, 0.25) is 0 Å². The zero-order valence-corrected chi connectivity index (χ0v) is 12.6. The molecule has 20 heavy (non-hydrogen) atoms. The van der Waals surface area contributed by atoms with Gasteiger partial charge in [-0.1, -0.05) is 30.3 Å². The summed E-state index contributed by atoms with van der Waals surface area (Å²) in [5.74, 6) is -0.338. The van der Waals surface area contributed by atoms with Crippen molar-refractivity contribution in [1.82, 2.24) is 9.55 Å². The summed E-state index contributed by atoms with van der Waals surface area (Å²) in [6, 6.07) is 10.0. The fourth-order valence-electron chi connectivity index (χ4n) is 1.94. The molecule has 0 aliphatic carbocycles. The SMILES string of the molecule is CC(C)OC(=O)c1cncn1[C@H](C)c1ccccc1.Cl. The third-order valence-electron chi connectivity index (χ3n) is 2.92. The summed E-state index contributed by atoms with van der Waals surface area (Å²) in [5.41, 5.74) is 1.60. The van der Waals surface area contributed by atoms with Crippen LogP contribution < -0.4 is 0 Å². The number of halogens is 1. The first-order valence-electron chi connectivity index (χ1n) is 6.37. The van der Waals surface area contributed by atoms with Gasteiger partial charge in [0, 0.05) is 0 Å². The van der Waals surface area contributed by atoms with Crippen molar-refractivity contribution in [2.45, 2.75) is 32.9 Å². The number of carbonyl (C=O) groups excluding carboxylic acids is 1. The number of imidazole rings is 1. The van der Waals surface area contributed by atoms with Gasteiger partial charge in [-0.25, -0.2) is 9.78 Å². The highest BCUT2D eigenvalue weighted by Gasteiger charge is 2.18. The van der Waals surface area contributed by atoms with Crippen molar-refractivity contribution in [3.05, 3.63) is 54.1 Å². The number of esters is 1. The van der Waals surface area contributed by atoms with Crippen molar-refractivity contribution in [1.29, 1.82) is 0 Å². The zero-order valence-electron chi connectivity index (χ0n) is 11.8. The van der Waals surface area contributed by atoms with E-state index in [4.69, 9.17) is 4.74 Å². The molecular weight excluding hydrogens is 276 g/mol. The van der Waals surface area contributed by atoms with E-state index in [1.165, 1.54) is 0 Å². The number of hydrogen-bond donors (Lipinski definition) is 0. The minimum Gasteiger partial charge on any atom is -0.458 e. The predicted octanol–water partition coefficient (Wildman–Crippen LogP) is 3.48. The van der Waals surface area contributed by atoms with Crippen LogP contribution in [0.2, 0.25) is 0 Å². The van der Waals surface area contributed by atoms with Gasteiger partial charge < -0.3 is 9.30 Å². The standard InChI is InChI=1S/C15H18N2O2.ClH/c1-11(2)19-15(18)14-9-16-10-17(14)12(3)13-7-5-4-6-8-13;/h4-12H,1-3H3;1H/t12-;/m1./s1. The molecule has 1 aromatic heterocycles. The molecule has 1 atom stereocenters. The van der Waals surface area contributed by atoms with Gasteiger partial charge in [0.25, 0.3) is 0 Å². The molecule has 5 heteroatoms. The van der Waals surface area contributed by atoms with E-state index < -0.39 is 0 Å². The molecule has 0 N–H and O–H groups in total. The molecule has 0 saturated carbocycles. The molecule has 1 aromatic carbocycles. The number of carbonyl (C=O) groups is 1. The lowest BCUT2D eigenvalue weighted by molar-refractivity contribution is 0.0364. The Morgan fingerprint density at radius 1 is 1.20 bits per heavy atom. The lowest BCUT2D eigenvalue weighted by Crippen LogP contribution is -2.18. The Balaban J connectivity index is 0.00000200. The van der Waals surface area contributed by atoms with Crippen molar-refractivity contribution in [2.24, 2.45) is 0 Å². The minimum absolute atomic E-state index is 0. The summed E-state index contributed by atoms with van der Waals surface area (Å²) in [5, 5.41) is 0. The van der Waals surface area contributed by atoms with E-state index in [9.17, 15) is 4.79 Å². The fraction of sp³-hybridized carbons (Fsp3) is 0.333. The van der Waals surface area contributed by atoms with Gasteiger partial charge >= 0.3 is 5.97 Å². The Morgan fingerprint density at radius 3 is 2.45 bits per heavy atom. The molecule has 0 bridgehead atoms. The van der Waals surface area contributed by atoms with Crippen LogP contribution in [-0.4, -0.2) is 21.6 Å². The number of aromatic nitrogens is 2. The van der Waals surface area contributed by atoms with Gasteiger partial charge in [-0.05, 0) is 26.3 Å². The van der Waals surface area contributed by atoms with E-state index in [0.717, 1.165) is 5.56 Å². The predicted molar refractivity (Wildman–Crippen MR) is 80.3 cm³/mol. The van der Waals surface area contributed by atoms with Crippen LogP contribution in [0.25, 0.3) is 0 Å². The second-order valence-corrected chi connectivity index (χ2v) is 4.73. The van der Waals surface area contributed by atoms with Crippen LogP contribution in [0, 0.1) is 0 Å². The number of rotatable bonds is 4. The third kappa shape index (κ3) is 3.61. The molecule has 0 fully saturated rings. The molecule has 0 unspecified atom stereocenters. The number of nitrogens with zero attached hydrogens (tertiary/aromatic N) is 2. The quantitative estimate of drug-likeness (QED) is 0.811. The van der Waals surface area contributed by atoms with Crippen molar-refractivity contribution >= 4 is 18.4 Å². The van der Waals surface area contributed by atoms with E-state index in [0.29, 0.717) is 5.69 Å². The summed E-state index contributed by atoms with van der Waals surface area (Å²) >= 11 is 0. The molecule has 0 amide bonds. The third-order valence-corrected chi connectivity index (χ3v) is 2.92.